The highest BCUT2D eigenvalue weighted by Crippen LogP contribution is 2.26. The molecule has 0 atom stereocenters. The molecule has 0 aliphatic rings. The van der Waals surface area contributed by atoms with Crippen molar-refractivity contribution in [2.24, 2.45) is 5.73 Å². The summed E-state index contributed by atoms with van der Waals surface area (Å²) in [6.45, 7) is 4.75. The molecule has 3 nitrogen and oxygen atoms in total. The molecule has 2 aromatic rings. The fourth-order valence-electron chi connectivity index (χ4n) is 1.90. The van der Waals surface area contributed by atoms with Gasteiger partial charge in [0.05, 0.1) is 0 Å². The molecule has 94 valence electrons. The predicted octanol–water partition coefficient (Wildman–Crippen LogP) is 3.02. The average Bonchev–Trinajstić information content (AvgIpc) is 2.36. The van der Waals surface area contributed by atoms with Crippen LogP contribution in [0.1, 0.15) is 16.8 Å². The zero-order valence-electron chi connectivity index (χ0n) is 10.6. The molecule has 4 heteroatoms. The minimum Gasteiger partial charge on any atom is -0.330 e. The summed E-state index contributed by atoms with van der Waals surface area (Å²) in [6.07, 6.45) is 2.57. The normalized spacial score (nSPS) is 10.7. The van der Waals surface area contributed by atoms with Gasteiger partial charge in [-0.3, -0.25) is 0 Å². The number of benzene rings is 1. The first-order valence-corrected chi connectivity index (χ1v) is 6.70. The van der Waals surface area contributed by atoms with Crippen molar-refractivity contribution >= 4 is 15.9 Å². The number of hydrogen-bond acceptors (Lipinski definition) is 3. The second kappa shape index (κ2) is 5.59. The average molecular weight is 306 g/mol. The third-order valence-corrected chi connectivity index (χ3v) is 4.06. The Labute approximate surface area is 116 Å². The first kappa shape index (κ1) is 13.2. The van der Waals surface area contributed by atoms with Gasteiger partial charge in [0.1, 0.15) is 0 Å². The molecule has 0 radical (unpaired) electrons. The Morgan fingerprint density at radius 1 is 1.22 bits per heavy atom. The minimum atomic E-state index is 0.606. The van der Waals surface area contributed by atoms with Gasteiger partial charge in [0.2, 0.25) is 0 Å². The van der Waals surface area contributed by atoms with Crippen LogP contribution in [0.3, 0.4) is 0 Å². The smallest absolute Gasteiger partial charge is 0.159 e. The molecule has 1 heterocycles. The van der Waals surface area contributed by atoms with Gasteiger partial charge in [0.15, 0.2) is 5.82 Å². The summed E-state index contributed by atoms with van der Waals surface area (Å²) in [6, 6.07) is 6.10. The maximum atomic E-state index is 5.55. The van der Waals surface area contributed by atoms with Crippen LogP contribution in [0.4, 0.5) is 0 Å². The molecule has 2 N–H and O–H groups in total. The molecule has 0 saturated heterocycles. The van der Waals surface area contributed by atoms with E-state index in [-0.39, 0.29) is 0 Å². The Bertz CT molecular complexity index is 544. The van der Waals surface area contributed by atoms with Crippen molar-refractivity contribution in [1.29, 1.82) is 0 Å². The van der Waals surface area contributed by atoms with Crippen molar-refractivity contribution < 1.29 is 0 Å². The summed E-state index contributed by atoms with van der Waals surface area (Å²) < 4.78 is 1.14. The number of aryl methyl sites for hydroxylation is 2. The van der Waals surface area contributed by atoms with E-state index in [1.165, 1.54) is 11.1 Å². The maximum Gasteiger partial charge on any atom is 0.159 e. The molecule has 0 aliphatic carbocycles. The summed E-state index contributed by atoms with van der Waals surface area (Å²) in [5.41, 5.74) is 9.97. The van der Waals surface area contributed by atoms with Crippen LogP contribution >= 0.6 is 15.9 Å². The lowest BCUT2D eigenvalue weighted by Crippen LogP contribution is -2.05. The molecule has 1 aromatic heterocycles. The van der Waals surface area contributed by atoms with Gasteiger partial charge in [-0.25, -0.2) is 9.97 Å². The molecule has 0 fully saturated rings. The van der Waals surface area contributed by atoms with Crippen LogP contribution in [0.2, 0.25) is 0 Å². The largest absolute Gasteiger partial charge is 0.330 e. The highest BCUT2D eigenvalue weighted by molar-refractivity contribution is 9.10. The van der Waals surface area contributed by atoms with Crippen molar-refractivity contribution in [3.8, 4) is 11.4 Å². The monoisotopic (exact) mass is 305 g/mol. The summed E-state index contributed by atoms with van der Waals surface area (Å²) in [5.74, 6) is 0.764. The van der Waals surface area contributed by atoms with E-state index in [2.05, 4.69) is 51.9 Å². The third kappa shape index (κ3) is 2.76. The Morgan fingerprint density at radius 2 is 1.89 bits per heavy atom. The van der Waals surface area contributed by atoms with Crippen LogP contribution < -0.4 is 5.73 Å². The van der Waals surface area contributed by atoms with E-state index in [1.54, 1.807) is 6.20 Å². The highest BCUT2D eigenvalue weighted by Gasteiger charge is 2.07. The summed E-state index contributed by atoms with van der Waals surface area (Å²) in [5, 5.41) is 0. The SMILES string of the molecule is Cc1cc(-c2nccc(CCN)n2)cc(C)c1Br. The Kier molecular flexibility index (Phi) is 4.09. The number of halogens is 1. The summed E-state index contributed by atoms with van der Waals surface area (Å²) >= 11 is 3.57. The number of nitrogens with zero attached hydrogens (tertiary/aromatic N) is 2. The van der Waals surface area contributed by atoms with Crippen LogP contribution in [0.5, 0.6) is 0 Å². The standard InChI is InChI=1S/C14H16BrN3/c1-9-7-11(8-10(2)13(9)15)14-17-6-4-12(18-14)3-5-16/h4,6-8H,3,5,16H2,1-2H3. The first-order valence-electron chi connectivity index (χ1n) is 5.91. The molecule has 0 amide bonds. The van der Waals surface area contributed by atoms with Crippen molar-refractivity contribution in [3.05, 3.63) is 45.7 Å². The van der Waals surface area contributed by atoms with Crippen molar-refractivity contribution in [3.63, 3.8) is 0 Å². The van der Waals surface area contributed by atoms with Crippen molar-refractivity contribution in [2.45, 2.75) is 20.3 Å². The lowest BCUT2D eigenvalue weighted by atomic mass is 10.1. The number of hydrogen-bond donors (Lipinski definition) is 1. The fraction of sp³-hybridized carbons (Fsp3) is 0.286. The molecule has 0 aliphatic heterocycles. The number of rotatable bonds is 3. The lowest BCUT2D eigenvalue weighted by molar-refractivity contribution is 0.913. The van der Waals surface area contributed by atoms with Gasteiger partial charge in [-0.05, 0) is 49.7 Å². The Balaban J connectivity index is 2.45. The van der Waals surface area contributed by atoms with Crippen LogP contribution in [0, 0.1) is 13.8 Å². The van der Waals surface area contributed by atoms with Crippen LogP contribution in [-0.4, -0.2) is 16.5 Å². The predicted molar refractivity (Wildman–Crippen MR) is 77.4 cm³/mol. The molecule has 0 bridgehead atoms. The van der Waals surface area contributed by atoms with Crippen molar-refractivity contribution in [1.82, 2.24) is 9.97 Å². The summed E-state index contributed by atoms with van der Waals surface area (Å²) in [7, 11) is 0. The second-order valence-corrected chi connectivity index (χ2v) is 5.13. The number of aromatic nitrogens is 2. The van der Waals surface area contributed by atoms with Crippen LogP contribution in [0.25, 0.3) is 11.4 Å². The molecular weight excluding hydrogens is 290 g/mol. The minimum absolute atomic E-state index is 0.606. The molecule has 0 unspecified atom stereocenters. The zero-order chi connectivity index (χ0) is 13.1. The Hall–Kier alpha value is -1.26. The van der Waals surface area contributed by atoms with Crippen LogP contribution in [-0.2, 0) is 6.42 Å². The first-order chi connectivity index (χ1) is 8.61. The van der Waals surface area contributed by atoms with Crippen LogP contribution in [0.15, 0.2) is 28.9 Å². The lowest BCUT2D eigenvalue weighted by Gasteiger charge is -2.08. The molecule has 0 spiro atoms. The van der Waals surface area contributed by atoms with E-state index < -0.39 is 0 Å². The van der Waals surface area contributed by atoms with Gasteiger partial charge in [0.25, 0.3) is 0 Å². The third-order valence-electron chi connectivity index (χ3n) is 2.81. The van der Waals surface area contributed by atoms with Gasteiger partial charge >= 0.3 is 0 Å². The van der Waals surface area contributed by atoms with E-state index in [0.717, 1.165) is 28.0 Å². The van der Waals surface area contributed by atoms with E-state index in [0.29, 0.717) is 6.54 Å². The number of nitrogens with two attached hydrogens (primary N) is 1. The molecule has 1 aromatic carbocycles. The molecule has 0 saturated carbocycles. The second-order valence-electron chi connectivity index (χ2n) is 4.33. The van der Waals surface area contributed by atoms with Gasteiger partial charge < -0.3 is 5.73 Å². The van der Waals surface area contributed by atoms with Gasteiger partial charge in [-0.15, -0.1) is 0 Å². The van der Waals surface area contributed by atoms with Gasteiger partial charge in [-0.2, -0.15) is 0 Å². The molecular formula is C14H16BrN3. The highest BCUT2D eigenvalue weighted by atomic mass is 79.9. The molecule has 2 rings (SSSR count). The topological polar surface area (TPSA) is 51.8 Å². The van der Waals surface area contributed by atoms with Gasteiger partial charge in [0, 0.05) is 28.3 Å². The fourth-order valence-corrected chi connectivity index (χ4v) is 2.13. The zero-order valence-corrected chi connectivity index (χ0v) is 12.2. The van der Waals surface area contributed by atoms with Crippen molar-refractivity contribution in [2.75, 3.05) is 6.54 Å². The van der Waals surface area contributed by atoms with Gasteiger partial charge in [-0.1, -0.05) is 15.9 Å². The quantitative estimate of drug-likeness (QED) is 0.948. The van der Waals surface area contributed by atoms with E-state index in [9.17, 15) is 0 Å². The van der Waals surface area contributed by atoms with E-state index in [1.807, 2.05) is 6.07 Å². The molecule has 18 heavy (non-hydrogen) atoms. The summed E-state index contributed by atoms with van der Waals surface area (Å²) in [4.78, 5) is 8.87. The maximum absolute atomic E-state index is 5.55. The van der Waals surface area contributed by atoms with E-state index in [4.69, 9.17) is 5.73 Å². The van der Waals surface area contributed by atoms with E-state index >= 15 is 0 Å². The Morgan fingerprint density at radius 3 is 2.50 bits per heavy atom.